The van der Waals surface area contributed by atoms with Gasteiger partial charge in [-0.25, -0.2) is 0 Å². The number of nitrogens with one attached hydrogen (secondary N) is 2. The highest BCUT2D eigenvalue weighted by molar-refractivity contribution is 5.91. The lowest BCUT2D eigenvalue weighted by Gasteiger charge is -2.10. The summed E-state index contributed by atoms with van der Waals surface area (Å²) in [4.78, 5) is 11.6. The highest BCUT2D eigenvalue weighted by atomic mass is 35.5. The first kappa shape index (κ1) is 16.9. The molecule has 0 bridgehead atoms. The van der Waals surface area contributed by atoms with Crippen LogP contribution >= 0.6 is 12.4 Å². The minimum atomic E-state index is -0.0120. The van der Waals surface area contributed by atoms with Crippen LogP contribution in [-0.2, 0) is 16.1 Å². The molecule has 102 valence electrons. The van der Waals surface area contributed by atoms with Gasteiger partial charge in [0.05, 0.1) is 13.0 Å². The molecule has 0 radical (unpaired) electrons. The summed E-state index contributed by atoms with van der Waals surface area (Å²) >= 11 is 0. The fourth-order valence-electron chi connectivity index (χ4n) is 1.51. The van der Waals surface area contributed by atoms with E-state index in [1.807, 2.05) is 38.2 Å². The van der Waals surface area contributed by atoms with Crippen LogP contribution in [0.5, 0.6) is 0 Å². The Morgan fingerprint density at radius 3 is 2.72 bits per heavy atom. The maximum Gasteiger partial charge on any atom is 0.226 e. The molecule has 0 unspecified atom stereocenters. The van der Waals surface area contributed by atoms with Crippen molar-refractivity contribution >= 4 is 24.0 Å². The van der Waals surface area contributed by atoms with Gasteiger partial charge in [-0.1, -0.05) is 18.2 Å². The SMILES string of the molecule is CCOCCC(=O)Nc1ccccc1CNC.Cl. The molecule has 18 heavy (non-hydrogen) atoms. The molecule has 5 heteroatoms. The molecule has 4 nitrogen and oxygen atoms in total. The number of anilines is 1. The van der Waals surface area contributed by atoms with Crippen molar-refractivity contribution in [3.8, 4) is 0 Å². The van der Waals surface area contributed by atoms with E-state index in [0.717, 1.165) is 17.8 Å². The summed E-state index contributed by atoms with van der Waals surface area (Å²) in [6.45, 7) is 3.77. The zero-order valence-electron chi connectivity index (χ0n) is 10.9. The van der Waals surface area contributed by atoms with E-state index in [1.54, 1.807) is 0 Å². The summed E-state index contributed by atoms with van der Waals surface area (Å²) in [6.07, 6.45) is 0.391. The molecule has 0 aliphatic rings. The zero-order valence-corrected chi connectivity index (χ0v) is 11.7. The molecule has 0 aliphatic carbocycles. The number of amides is 1. The third kappa shape index (κ3) is 6.00. The number of hydrogen-bond acceptors (Lipinski definition) is 3. The molecule has 0 atom stereocenters. The molecule has 0 spiro atoms. The second-order valence-corrected chi connectivity index (χ2v) is 3.68. The number of carbonyl (C=O) groups is 1. The van der Waals surface area contributed by atoms with Gasteiger partial charge in [-0.05, 0) is 25.6 Å². The largest absolute Gasteiger partial charge is 0.381 e. The smallest absolute Gasteiger partial charge is 0.226 e. The number of halogens is 1. The van der Waals surface area contributed by atoms with Crippen molar-refractivity contribution in [2.75, 3.05) is 25.6 Å². The number of hydrogen-bond donors (Lipinski definition) is 2. The Bertz CT molecular complexity index is 359. The van der Waals surface area contributed by atoms with E-state index in [9.17, 15) is 4.79 Å². The fraction of sp³-hybridized carbons (Fsp3) is 0.462. The Morgan fingerprint density at radius 2 is 2.06 bits per heavy atom. The number of rotatable bonds is 7. The third-order valence-corrected chi connectivity index (χ3v) is 2.34. The van der Waals surface area contributed by atoms with Crippen LogP contribution in [0.1, 0.15) is 18.9 Å². The second-order valence-electron chi connectivity index (χ2n) is 3.68. The summed E-state index contributed by atoms with van der Waals surface area (Å²) in [6, 6.07) is 7.78. The Morgan fingerprint density at radius 1 is 1.33 bits per heavy atom. The molecule has 0 aromatic heterocycles. The first-order valence-corrected chi connectivity index (χ1v) is 5.88. The molecule has 0 heterocycles. The third-order valence-electron chi connectivity index (χ3n) is 2.34. The van der Waals surface area contributed by atoms with Gasteiger partial charge >= 0.3 is 0 Å². The van der Waals surface area contributed by atoms with Crippen LogP contribution in [0.4, 0.5) is 5.69 Å². The fourth-order valence-corrected chi connectivity index (χ4v) is 1.51. The number of benzene rings is 1. The summed E-state index contributed by atoms with van der Waals surface area (Å²) in [5.41, 5.74) is 1.95. The standard InChI is InChI=1S/C13H20N2O2.ClH/c1-3-17-9-8-13(16)15-12-7-5-4-6-11(12)10-14-2;/h4-7,14H,3,8-10H2,1-2H3,(H,15,16);1H. The lowest BCUT2D eigenvalue weighted by Crippen LogP contribution is -2.16. The van der Waals surface area contributed by atoms with Crippen molar-refractivity contribution < 1.29 is 9.53 Å². The Kier molecular flexibility index (Phi) is 9.28. The van der Waals surface area contributed by atoms with E-state index < -0.39 is 0 Å². The predicted molar refractivity (Wildman–Crippen MR) is 76.2 cm³/mol. The van der Waals surface area contributed by atoms with Gasteiger partial charge in [-0.3, -0.25) is 4.79 Å². The number of ether oxygens (including phenoxy) is 1. The Labute approximate surface area is 115 Å². The maximum absolute atomic E-state index is 11.6. The molecular formula is C13H21ClN2O2. The van der Waals surface area contributed by atoms with Crippen LogP contribution in [0.15, 0.2) is 24.3 Å². The molecule has 0 fully saturated rings. The predicted octanol–water partition coefficient (Wildman–Crippen LogP) is 2.19. The zero-order chi connectivity index (χ0) is 12.5. The van der Waals surface area contributed by atoms with Gasteiger partial charge in [0.1, 0.15) is 0 Å². The first-order chi connectivity index (χ1) is 8.27. The molecule has 1 aromatic rings. The second kappa shape index (κ2) is 9.88. The van der Waals surface area contributed by atoms with Crippen molar-refractivity contribution in [3.05, 3.63) is 29.8 Å². The van der Waals surface area contributed by atoms with Gasteiger partial charge in [0.25, 0.3) is 0 Å². The van der Waals surface area contributed by atoms with E-state index >= 15 is 0 Å². The van der Waals surface area contributed by atoms with Gasteiger partial charge in [0.15, 0.2) is 0 Å². The average molecular weight is 273 g/mol. The average Bonchev–Trinajstić information content (AvgIpc) is 2.32. The molecule has 1 rings (SSSR count). The molecule has 0 aliphatic heterocycles. The molecular weight excluding hydrogens is 252 g/mol. The molecule has 2 N–H and O–H groups in total. The van der Waals surface area contributed by atoms with Gasteiger partial charge in [0, 0.05) is 18.8 Å². The van der Waals surface area contributed by atoms with E-state index in [0.29, 0.717) is 19.6 Å². The van der Waals surface area contributed by atoms with Crippen LogP contribution in [0.3, 0.4) is 0 Å². The van der Waals surface area contributed by atoms with Crippen LogP contribution in [0.2, 0.25) is 0 Å². The normalized spacial score (nSPS) is 9.67. The van der Waals surface area contributed by atoms with Crippen LogP contribution in [-0.4, -0.2) is 26.2 Å². The Hall–Kier alpha value is -1.10. The lowest BCUT2D eigenvalue weighted by molar-refractivity contribution is -0.117. The minimum absolute atomic E-state index is 0. The van der Waals surface area contributed by atoms with Crippen molar-refractivity contribution in [1.29, 1.82) is 0 Å². The van der Waals surface area contributed by atoms with Crippen molar-refractivity contribution in [2.45, 2.75) is 19.9 Å². The summed E-state index contributed by atoms with van der Waals surface area (Å²) in [5, 5.41) is 5.97. The van der Waals surface area contributed by atoms with Gasteiger partial charge in [0.2, 0.25) is 5.91 Å². The quantitative estimate of drug-likeness (QED) is 0.748. The maximum atomic E-state index is 11.6. The van der Waals surface area contributed by atoms with E-state index in [-0.39, 0.29) is 18.3 Å². The van der Waals surface area contributed by atoms with Crippen molar-refractivity contribution in [3.63, 3.8) is 0 Å². The molecule has 0 saturated heterocycles. The number of carbonyl (C=O) groups excluding carboxylic acids is 1. The highest BCUT2D eigenvalue weighted by Crippen LogP contribution is 2.14. The van der Waals surface area contributed by atoms with Crippen molar-refractivity contribution in [2.24, 2.45) is 0 Å². The van der Waals surface area contributed by atoms with Gasteiger partial charge < -0.3 is 15.4 Å². The van der Waals surface area contributed by atoms with Crippen LogP contribution in [0.25, 0.3) is 0 Å². The van der Waals surface area contributed by atoms with E-state index in [2.05, 4.69) is 10.6 Å². The van der Waals surface area contributed by atoms with Gasteiger partial charge in [-0.15, -0.1) is 12.4 Å². The van der Waals surface area contributed by atoms with Gasteiger partial charge in [-0.2, -0.15) is 0 Å². The summed E-state index contributed by atoms with van der Waals surface area (Å²) in [7, 11) is 1.88. The van der Waals surface area contributed by atoms with Crippen LogP contribution < -0.4 is 10.6 Å². The Balaban J connectivity index is 0.00000289. The topological polar surface area (TPSA) is 50.4 Å². The van der Waals surface area contributed by atoms with E-state index in [1.165, 1.54) is 0 Å². The molecule has 0 saturated carbocycles. The molecule has 1 aromatic carbocycles. The first-order valence-electron chi connectivity index (χ1n) is 5.88. The number of para-hydroxylation sites is 1. The monoisotopic (exact) mass is 272 g/mol. The lowest BCUT2D eigenvalue weighted by atomic mass is 10.1. The molecule has 1 amide bonds. The minimum Gasteiger partial charge on any atom is -0.381 e. The van der Waals surface area contributed by atoms with Crippen LogP contribution in [0, 0.1) is 0 Å². The van der Waals surface area contributed by atoms with E-state index in [4.69, 9.17) is 4.74 Å². The highest BCUT2D eigenvalue weighted by Gasteiger charge is 2.05. The summed E-state index contributed by atoms with van der Waals surface area (Å²) < 4.78 is 5.15. The van der Waals surface area contributed by atoms with Crippen molar-refractivity contribution in [1.82, 2.24) is 5.32 Å². The summed E-state index contributed by atoms with van der Waals surface area (Å²) in [5.74, 6) is -0.0120.